The van der Waals surface area contributed by atoms with Crippen molar-refractivity contribution in [2.24, 2.45) is 0 Å². The molecule has 3 aromatic rings. The van der Waals surface area contributed by atoms with Gasteiger partial charge in [0.1, 0.15) is 0 Å². The van der Waals surface area contributed by atoms with E-state index in [9.17, 15) is 10.1 Å². The quantitative estimate of drug-likeness (QED) is 0.442. The lowest BCUT2D eigenvalue weighted by Crippen LogP contribution is -2.46. The molecule has 0 aliphatic heterocycles. The number of aromatic nitrogens is 1. The Balaban J connectivity index is 1.53. The first-order valence-electron chi connectivity index (χ1n) is 9.15. The number of hydrogen-bond acceptors (Lipinski definition) is 3. The number of nitro benzene ring substituents is 1. The predicted molar refractivity (Wildman–Crippen MR) is 111 cm³/mol. The second-order valence-corrected chi connectivity index (χ2v) is 8.70. The summed E-state index contributed by atoms with van der Waals surface area (Å²) in [6.07, 6.45) is 3.07. The molecule has 140 valence electrons. The molecule has 0 saturated carbocycles. The fourth-order valence-electron chi connectivity index (χ4n) is 4.12. The molecule has 6 heteroatoms. The van der Waals surface area contributed by atoms with Crippen LogP contribution in [-0.2, 0) is 18.4 Å². The van der Waals surface area contributed by atoms with Gasteiger partial charge in [0.15, 0.2) is 0 Å². The number of non-ortho nitro benzene ring substituents is 1. The molecule has 1 aromatic heterocycles. The highest BCUT2D eigenvalue weighted by Crippen LogP contribution is 2.32. The summed E-state index contributed by atoms with van der Waals surface area (Å²) in [7, 11) is 0. The number of halogens is 1. The SMILES string of the molecule is CC(C)(N[C@@H]1CCc2c([nH]c3ccc(Br)cc23)C1)c1ccc([N+](=O)[O-])cc1. The number of aryl methyl sites for hydroxylation is 1. The van der Waals surface area contributed by atoms with E-state index in [0.717, 1.165) is 29.3 Å². The predicted octanol–water partition coefficient (Wildman–Crippen LogP) is 5.22. The van der Waals surface area contributed by atoms with Crippen LogP contribution >= 0.6 is 15.9 Å². The highest BCUT2D eigenvalue weighted by Gasteiger charge is 2.29. The Morgan fingerprint density at radius 3 is 2.67 bits per heavy atom. The standard InChI is InChI=1S/C21H22BrN3O2/c1-21(2,13-3-7-16(8-4-13)25(26)27)24-15-6-9-17-18-11-14(22)5-10-19(18)23-20(17)12-15/h3-5,7-8,10-11,15,23-24H,6,9,12H2,1-2H3/t15-/m1/s1. The number of nitrogens with zero attached hydrogens (tertiary/aromatic N) is 1. The van der Waals surface area contributed by atoms with E-state index < -0.39 is 0 Å². The fraction of sp³-hybridized carbons (Fsp3) is 0.333. The molecule has 2 aromatic carbocycles. The van der Waals surface area contributed by atoms with E-state index >= 15 is 0 Å². The Morgan fingerprint density at radius 2 is 1.96 bits per heavy atom. The van der Waals surface area contributed by atoms with Gasteiger partial charge in [0.25, 0.3) is 5.69 Å². The van der Waals surface area contributed by atoms with Crippen LogP contribution in [0, 0.1) is 10.1 Å². The molecular weight excluding hydrogens is 406 g/mol. The van der Waals surface area contributed by atoms with Crippen LogP contribution in [-0.4, -0.2) is 15.9 Å². The molecule has 0 saturated heterocycles. The number of nitrogens with one attached hydrogen (secondary N) is 2. The van der Waals surface area contributed by atoms with Crippen molar-refractivity contribution in [1.29, 1.82) is 0 Å². The summed E-state index contributed by atoms with van der Waals surface area (Å²) < 4.78 is 1.11. The highest BCUT2D eigenvalue weighted by atomic mass is 79.9. The minimum atomic E-state index is -0.360. The lowest BCUT2D eigenvalue weighted by molar-refractivity contribution is -0.384. The number of H-pyrrole nitrogens is 1. The van der Waals surface area contributed by atoms with Gasteiger partial charge in [-0.15, -0.1) is 0 Å². The first kappa shape index (κ1) is 18.2. The Morgan fingerprint density at radius 1 is 1.22 bits per heavy atom. The summed E-state index contributed by atoms with van der Waals surface area (Å²) in [6.45, 7) is 4.26. The molecule has 0 bridgehead atoms. The summed E-state index contributed by atoms with van der Waals surface area (Å²) in [6, 6.07) is 13.6. The van der Waals surface area contributed by atoms with Crippen molar-refractivity contribution < 1.29 is 4.92 Å². The van der Waals surface area contributed by atoms with Crippen LogP contribution in [0.1, 0.15) is 37.1 Å². The maximum absolute atomic E-state index is 10.9. The molecule has 1 atom stereocenters. The van der Waals surface area contributed by atoms with Crippen molar-refractivity contribution in [3.05, 3.63) is 73.9 Å². The summed E-state index contributed by atoms with van der Waals surface area (Å²) in [5.74, 6) is 0. The third-order valence-electron chi connectivity index (χ3n) is 5.51. The third-order valence-corrected chi connectivity index (χ3v) is 6.01. The molecule has 5 nitrogen and oxygen atoms in total. The van der Waals surface area contributed by atoms with E-state index in [2.05, 4.69) is 58.3 Å². The van der Waals surface area contributed by atoms with E-state index in [0.29, 0.717) is 6.04 Å². The average molecular weight is 428 g/mol. The molecule has 2 N–H and O–H groups in total. The van der Waals surface area contributed by atoms with Gasteiger partial charge >= 0.3 is 0 Å². The zero-order valence-electron chi connectivity index (χ0n) is 15.4. The van der Waals surface area contributed by atoms with E-state index in [1.807, 2.05) is 12.1 Å². The van der Waals surface area contributed by atoms with Crippen LogP contribution in [0.25, 0.3) is 10.9 Å². The van der Waals surface area contributed by atoms with Gasteiger partial charge in [0, 0.05) is 51.2 Å². The van der Waals surface area contributed by atoms with Crippen LogP contribution in [0.5, 0.6) is 0 Å². The minimum Gasteiger partial charge on any atom is -0.358 e. The highest BCUT2D eigenvalue weighted by molar-refractivity contribution is 9.10. The molecule has 4 rings (SSSR count). The Bertz CT molecular complexity index is 1010. The molecule has 1 heterocycles. The first-order valence-corrected chi connectivity index (χ1v) is 9.94. The molecule has 0 amide bonds. The van der Waals surface area contributed by atoms with E-state index in [1.54, 1.807) is 12.1 Å². The van der Waals surface area contributed by atoms with Gasteiger partial charge < -0.3 is 10.3 Å². The fourth-order valence-corrected chi connectivity index (χ4v) is 4.48. The third kappa shape index (κ3) is 3.51. The average Bonchev–Trinajstić information content (AvgIpc) is 2.98. The number of benzene rings is 2. The van der Waals surface area contributed by atoms with Gasteiger partial charge in [-0.1, -0.05) is 28.1 Å². The largest absolute Gasteiger partial charge is 0.358 e. The van der Waals surface area contributed by atoms with Crippen molar-refractivity contribution >= 4 is 32.5 Å². The van der Waals surface area contributed by atoms with Gasteiger partial charge in [-0.3, -0.25) is 10.1 Å². The van der Waals surface area contributed by atoms with Crippen LogP contribution in [0.4, 0.5) is 5.69 Å². The molecule has 27 heavy (non-hydrogen) atoms. The van der Waals surface area contributed by atoms with Crippen LogP contribution in [0.2, 0.25) is 0 Å². The first-order chi connectivity index (χ1) is 12.8. The number of fused-ring (bicyclic) bond motifs is 3. The molecule has 0 spiro atoms. The van der Waals surface area contributed by atoms with Gasteiger partial charge in [-0.25, -0.2) is 0 Å². The van der Waals surface area contributed by atoms with Crippen LogP contribution < -0.4 is 5.32 Å². The van der Waals surface area contributed by atoms with Crippen LogP contribution in [0.3, 0.4) is 0 Å². The van der Waals surface area contributed by atoms with Crippen molar-refractivity contribution in [3.63, 3.8) is 0 Å². The Hall–Kier alpha value is -2.18. The molecule has 1 aliphatic rings. The summed E-state index contributed by atoms with van der Waals surface area (Å²) in [4.78, 5) is 14.1. The molecule has 0 radical (unpaired) electrons. The maximum atomic E-state index is 10.9. The monoisotopic (exact) mass is 427 g/mol. The topological polar surface area (TPSA) is 71.0 Å². The van der Waals surface area contributed by atoms with Crippen molar-refractivity contribution in [1.82, 2.24) is 10.3 Å². The zero-order valence-corrected chi connectivity index (χ0v) is 17.0. The van der Waals surface area contributed by atoms with Gasteiger partial charge in [-0.05, 0) is 56.0 Å². The molecule has 0 fully saturated rings. The second-order valence-electron chi connectivity index (χ2n) is 7.79. The molecule has 1 aliphatic carbocycles. The number of nitro groups is 1. The zero-order chi connectivity index (χ0) is 19.2. The van der Waals surface area contributed by atoms with Crippen molar-refractivity contribution in [3.8, 4) is 0 Å². The van der Waals surface area contributed by atoms with Crippen LogP contribution in [0.15, 0.2) is 46.9 Å². The number of hydrogen-bond donors (Lipinski definition) is 2. The second kappa shape index (κ2) is 6.77. The smallest absolute Gasteiger partial charge is 0.269 e. The molecule has 0 unspecified atom stereocenters. The number of aromatic amines is 1. The van der Waals surface area contributed by atoms with E-state index in [4.69, 9.17) is 0 Å². The lowest BCUT2D eigenvalue weighted by atomic mass is 9.87. The van der Waals surface area contributed by atoms with E-state index in [1.165, 1.54) is 22.2 Å². The lowest BCUT2D eigenvalue weighted by Gasteiger charge is -2.34. The van der Waals surface area contributed by atoms with E-state index in [-0.39, 0.29) is 16.1 Å². The van der Waals surface area contributed by atoms with Gasteiger partial charge in [0.2, 0.25) is 0 Å². The molecular formula is C21H22BrN3O2. The Labute approximate surface area is 166 Å². The maximum Gasteiger partial charge on any atom is 0.269 e. The minimum absolute atomic E-state index is 0.126. The summed E-state index contributed by atoms with van der Waals surface area (Å²) in [5.41, 5.74) is 4.86. The summed E-state index contributed by atoms with van der Waals surface area (Å²) >= 11 is 3.57. The summed E-state index contributed by atoms with van der Waals surface area (Å²) in [5, 5.41) is 15.9. The Kier molecular flexibility index (Phi) is 4.56. The van der Waals surface area contributed by atoms with Gasteiger partial charge in [0.05, 0.1) is 4.92 Å². The van der Waals surface area contributed by atoms with Gasteiger partial charge in [-0.2, -0.15) is 0 Å². The number of rotatable bonds is 4. The van der Waals surface area contributed by atoms with Crippen molar-refractivity contribution in [2.75, 3.05) is 0 Å². The van der Waals surface area contributed by atoms with Crippen molar-refractivity contribution in [2.45, 2.75) is 44.7 Å². The normalized spacial score (nSPS) is 17.1.